The van der Waals surface area contributed by atoms with Gasteiger partial charge in [-0.05, 0) is 18.2 Å². The predicted octanol–water partition coefficient (Wildman–Crippen LogP) is 2.61. The molecule has 0 saturated carbocycles. The molecule has 2 aromatic heterocycles. The first-order valence-electron chi connectivity index (χ1n) is 7.30. The van der Waals surface area contributed by atoms with Crippen LogP contribution in [0.2, 0.25) is 5.02 Å². The van der Waals surface area contributed by atoms with Crippen molar-refractivity contribution in [2.45, 2.75) is 11.1 Å². The van der Waals surface area contributed by atoms with E-state index in [9.17, 15) is 21.6 Å². The summed E-state index contributed by atoms with van der Waals surface area (Å²) in [6.45, 7) is 0. The fraction of sp³-hybridized carbons (Fsp3) is 0.214. The SMILES string of the molecule is COc1ccc(S(=O)(=O)Nc2nc3c(Cl)cnc(OC)n3n2)c(C(F)(F)F)c1. The van der Waals surface area contributed by atoms with Crippen LogP contribution >= 0.6 is 11.6 Å². The molecule has 3 aromatic rings. The van der Waals surface area contributed by atoms with Gasteiger partial charge in [-0.15, -0.1) is 5.10 Å². The lowest BCUT2D eigenvalue weighted by molar-refractivity contribution is -0.140. The number of nitrogens with one attached hydrogen (secondary N) is 1. The lowest BCUT2D eigenvalue weighted by atomic mass is 10.2. The summed E-state index contributed by atoms with van der Waals surface area (Å²) in [5, 5.41) is 3.85. The van der Waals surface area contributed by atoms with E-state index in [1.807, 2.05) is 4.72 Å². The Morgan fingerprint density at radius 2 is 1.93 bits per heavy atom. The van der Waals surface area contributed by atoms with Crippen molar-refractivity contribution < 1.29 is 31.1 Å². The number of halogens is 4. The normalized spacial score (nSPS) is 12.2. The van der Waals surface area contributed by atoms with Gasteiger partial charge in [0.25, 0.3) is 16.0 Å². The lowest BCUT2D eigenvalue weighted by Crippen LogP contribution is -2.19. The summed E-state index contributed by atoms with van der Waals surface area (Å²) >= 11 is 5.92. The fourth-order valence-electron chi connectivity index (χ4n) is 2.27. The van der Waals surface area contributed by atoms with Gasteiger partial charge in [-0.3, -0.25) is 0 Å². The minimum absolute atomic E-state index is 0.00278. The molecule has 0 aliphatic rings. The number of fused-ring (bicyclic) bond motifs is 1. The van der Waals surface area contributed by atoms with Crippen LogP contribution in [0.4, 0.5) is 19.1 Å². The molecule has 0 amide bonds. The van der Waals surface area contributed by atoms with Crippen LogP contribution in [0.1, 0.15) is 5.56 Å². The molecule has 150 valence electrons. The van der Waals surface area contributed by atoms with Gasteiger partial charge < -0.3 is 9.47 Å². The Morgan fingerprint density at radius 1 is 1.21 bits per heavy atom. The molecular weight excluding hydrogens is 427 g/mol. The molecule has 14 heteroatoms. The summed E-state index contributed by atoms with van der Waals surface area (Å²) in [5.74, 6) is -0.670. The monoisotopic (exact) mass is 437 g/mol. The second-order valence-electron chi connectivity index (χ2n) is 5.23. The molecule has 0 spiro atoms. The van der Waals surface area contributed by atoms with E-state index in [4.69, 9.17) is 21.1 Å². The van der Waals surface area contributed by atoms with E-state index in [2.05, 4.69) is 15.1 Å². The van der Waals surface area contributed by atoms with Crippen LogP contribution in [0.3, 0.4) is 0 Å². The van der Waals surface area contributed by atoms with Crippen molar-refractivity contribution in [1.29, 1.82) is 0 Å². The van der Waals surface area contributed by atoms with Crippen LogP contribution in [-0.2, 0) is 16.2 Å². The maximum Gasteiger partial charge on any atom is 0.417 e. The fourth-order valence-corrected chi connectivity index (χ4v) is 3.59. The summed E-state index contributed by atoms with van der Waals surface area (Å²) in [4.78, 5) is 6.67. The van der Waals surface area contributed by atoms with Crippen LogP contribution in [0.5, 0.6) is 11.8 Å². The zero-order chi connectivity index (χ0) is 20.7. The number of rotatable bonds is 5. The summed E-state index contributed by atoms with van der Waals surface area (Å²) in [7, 11) is -2.25. The molecular formula is C14H11ClF3N5O4S. The smallest absolute Gasteiger partial charge is 0.417 e. The molecule has 0 atom stereocenters. The first-order chi connectivity index (χ1) is 13.1. The Morgan fingerprint density at radius 3 is 2.54 bits per heavy atom. The van der Waals surface area contributed by atoms with Crippen molar-refractivity contribution in [3.8, 4) is 11.8 Å². The largest absolute Gasteiger partial charge is 0.497 e. The predicted molar refractivity (Wildman–Crippen MR) is 91.1 cm³/mol. The second-order valence-corrected chi connectivity index (χ2v) is 7.29. The van der Waals surface area contributed by atoms with E-state index in [1.54, 1.807) is 0 Å². The van der Waals surface area contributed by atoms with E-state index in [0.717, 1.165) is 23.8 Å². The zero-order valence-electron chi connectivity index (χ0n) is 14.2. The third-order valence-corrected chi connectivity index (χ3v) is 5.13. The van der Waals surface area contributed by atoms with Gasteiger partial charge in [0.15, 0.2) is 5.65 Å². The minimum Gasteiger partial charge on any atom is -0.497 e. The Hall–Kier alpha value is -2.80. The van der Waals surface area contributed by atoms with Gasteiger partial charge in [0.1, 0.15) is 10.8 Å². The Bertz CT molecular complexity index is 1150. The molecule has 1 aromatic carbocycles. The minimum atomic E-state index is -4.94. The topological polar surface area (TPSA) is 108 Å². The van der Waals surface area contributed by atoms with Gasteiger partial charge in [-0.1, -0.05) is 11.6 Å². The van der Waals surface area contributed by atoms with Crippen molar-refractivity contribution in [1.82, 2.24) is 19.6 Å². The van der Waals surface area contributed by atoms with Gasteiger partial charge in [-0.25, -0.2) is 18.1 Å². The van der Waals surface area contributed by atoms with E-state index < -0.39 is 32.6 Å². The first-order valence-corrected chi connectivity index (χ1v) is 9.16. The van der Waals surface area contributed by atoms with Crippen molar-refractivity contribution in [2.24, 2.45) is 0 Å². The molecule has 0 aliphatic carbocycles. The molecule has 0 bridgehead atoms. The summed E-state index contributed by atoms with van der Waals surface area (Å²) < 4.78 is 77.7. The first kappa shape index (κ1) is 19.9. The van der Waals surface area contributed by atoms with Crippen molar-refractivity contribution in [3.63, 3.8) is 0 Å². The number of benzene rings is 1. The highest BCUT2D eigenvalue weighted by Crippen LogP contribution is 2.37. The summed E-state index contributed by atoms with van der Waals surface area (Å²) in [6, 6.07) is 2.38. The van der Waals surface area contributed by atoms with Crippen LogP contribution < -0.4 is 14.2 Å². The lowest BCUT2D eigenvalue weighted by Gasteiger charge is -2.14. The Balaban J connectivity index is 2.08. The highest BCUT2D eigenvalue weighted by molar-refractivity contribution is 7.92. The van der Waals surface area contributed by atoms with Gasteiger partial charge in [0.05, 0.1) is 30.9 Å². The van der Waals surface area contributed by atoms with Crippen LogP contribution in [0, 0.1) is 0 Å². The molecule has 0 fully saturated rings. The number of anilines is 1. The van der Waals surface area contributed by atoms with E-state index >= 15 is 0 Å². The third kappa shape index (κ3) is 3.62. The number of aromatic nitrogens is 4. The molecule has 9 nitrogen and oxygen atoms in total. The van der Waals surface area contributed by atoms with Gasteiger partial charge >= 0.3 is 12.2 Å². The maximum atomic E-state index is 13.3. The van der Waals surface area contributed by atoms with E-state index in [0.29, 0.717) is 6.07 Å². The summed E-state index contributed by atoms with van der Waals surface area (Å²) in [5.41, 5.74) is -1.41. The quantitative estimate of drug-likeness (QED) is 0.653. The van der Waals surface area contributed by atoms with E-state index in [1.165, 1.54) is 13.3 Å². The maximum absolute atomic E-state index is 13.3. The second kappa shape index (κ2) is 6.98. The third-order valence-electron chi connectivity index (χ3n) is 3.48. The number of sulfonamides is 1. The van der Waals surface area contributed by atoms with Gasteiger partial charge in [-0.2, -0.15) is 22.7 Å². The van der Waals surface area contributed by atoms with Gasteiger partial charge in [0, 0.05) is 0 Å². The molecule has 1 N–H and O–H groups in total. The molecule has 2 heterocycles. The number of ether oxygens (including phenoxy) is 2. The van der Waals surface area contributed by atoms with Gasteiger partial charge in [0.2, 0.25) is 0 Å². The zero-order valence-corrected chi connectivity index (χ0v) is 15.7. The van der Waals surface area contributed by atoms with Crippen molar-refractivity contribution in [3.05, 3.63) is 35.0 Å². The number of alkyl halides is 3. The van der Waals surface area contributed by atoms with Crippen LogP contribution in [0.15, 0.2) is 29.3 Å². The molecule has 0 unspecified atom stereocenters. The van der Waals surface area contributed by atoms with Crippen molar-refractivity contribution >= 4 is 33.2 Å². The number of hydrogen-bond acceptors (Lipinski definition) is 7. The average Bonchev–Trinajstić information content (AvgIpc) is 3.04. The van der Waals surface area contributed by atoms with Crippen LogP contribution in [0.25, 0.3) is 5.65 Å². The number of nitrogens with zero attached hydrogens (tertiary/aromatic N) is 4. The molecule has 3 rings (SSSR count). The molecule has 0 saturated heterocycles. The molecule has 0 aliphatic heterocycles. The Labute approximate surface area is 161 Å². The van der Waals surface area contributed by atoms with Crippen LogP contribution in [-0.4, -0.2) is 42.2 Å². The highest BCUT2D eigenvalue weighted by atomic mass is 35.5. The van der Waals surface area contributed by atoms with Crippen molar-refractivity contribution in [2.75, 3.05) is 18.9 Å². The average molecular weight is 438 g/mol. The Kier molecular flexibility index (Phi) is 4.97. The van der Waals surface area contributed by atoms with E-state index in [-0.39, 0.29) is 22.4 Å². The molecule has 0 radical (unpaired) electrons. The number of methoxy groups -OCH3 is 2. The summed E-state index contributed by atoms with van der Waals surface area (Å²) in [6.07, 6.45) is -3.74. The number of hydrogen-bond donors (Lipinski definition) is 1. The molecule has 28 heavy (non-hydrogen) atoms. The standard InChI is InChI=1S/C14H11ClF3N5O4S/c1-26-7-3-4-10(8(5-7)14(16,17)18)28(24,25)22-12-20-11-9(15)6-19-13(27-2)23(11)21-12/h3-6H,1-2H3,(H,21,22). The highest BCUT2D eigenvalue weighted by Gasteiger charge is 2.38.